The molecular weight excluding hydrogens is 234 g/mol. The van der Waals surface area contributed by atoms with Crippen molar-refractivity contribution in [1.82, 2.24) is 4.90 Å². The zero-order valence-electron chi connectivity index (χ0n) is 12.9. The summed E-state index contributed by atoms with van der Waals surface area (Å²) in [6.45, 7) is 6.43. The van der Waals surface area contributed by atoms with E-state index in [1.54, 1.807) is 0 Å². The molecule has 0 aromatic rings. The van der Waals surface area contributed by atoms with Crippen molar-refractivity contribution >= 4 is 5.78 Å². The summed E-state index contributed by atoms with van der Waals surface area (Å²) in [5.74, 6) is 1.67. The molecule has 0 aliphatic heterocycles. The average molecular weight is 265 g/mol. The molecule has 19 heavy (non-hydrogen) atoms. The van der Waals surface area contributed by atoms with Crippen molar-refractivity contribution in [2.75, 3.05) is 13.1 Å². The molecule has 0 unspecified atom stereocenters. The van der Waals surface area contributed by atoms with Crippen molar-refractivity contribution in [2.45, 2.75) is 77.7 Å². The van der Waals surface area contributed by atoms with E-state index in [4.69, 9.17) is 0 Å². The van der Waals surface area contributed by atoms with Gasteiger partial charge < -0.3 is 0 Å². The van der Waals surface area contributed by atoms with E-state index in [-0.39, 0.29) is 0 Å². The van der Waals surface area contributed by atoms with Crippen molar-refractivity contribution in [1.29, 1.82) is 0 Å². The number of hydrogen-bond acceptors (Lipinski definition) is 2. The van der Waals surface area contributed by atoms with E-state index in [0.717, 1.165) is 31.8 Å². The van der Waals surface area contributed by atoms with Crippen molar-refractivity contribution in [2.24, 2.45) is 11.8 Å². The van der Waals surface area contributed by atoms with Crippen molar-refractivity contribution < 1.29 is 4.79 Å². The predicted octanol–water partition coefficient (Wildman–Crippen LogP) is 4.04. The number of ketones is 1. The summed E-state index contributed by atoms with van der Waals surface area (Å²) in [5, 5.41) is 0. The fourth-order valence-corrected chi connectivity index (χ4v) is 3.66. The quantitative estimate of drug-likeness (QED) is 0.692. The second kappa shape index (κ2) is 7.42. The number of nitrogens with zero attached hydrogens (tertiary/aromatic N) is 1. The largest absolute Gasteiger partial charge is 0.298 e. The molecule has 0 spiro atoms. The van der Waals surface area contributed by atoms with Crippen LogP contribution in [-0.4, -0.2) is 29.8 Å². The Morgan fingerprint density at radius 2 is 1.63 bits per heavy atom. The van der Waals surface area contributed by atoms with E-state index in [1.807, 2.05) is 0 Å². The number of carbonyl (C=O) groups excluding carboxylic acids is 1. The van der Waals surface area contributed by atoms with E-state index in [1.165, 1.54) is 44.9 Å². The highest BCUT2D eigenvalue weighted by molar-refractivity contribution is 5.83. The third-order valence-corrected chi connectivity index (χ3v) is 5.00. The molecule has 0 aromatic carbocycles. The lowest BCUT2D eigenvalue weighted by molar-refractivity contribution is -0.124. The van der Waals surface area contributed by atoms with Crippen LogP contribution in [0, 0.1) is 11.8 Å². The van der Waals surface area contributed by atoms with Crippen LogP contribution in [0.1, 0.15) is 71.6 Å². The first-order valence-electron chi connectivity index (χ1n) is 8.43. The molecule has 0 amide bonds. The molecule has 0 atom stereocenters. The number of Topliss-reactive ketones (excluding diaryl/α,β-unsaturated/α-hetero) is 1. The molecule has 0 saturated heterocycles. The topological polar surface area (TPSA) is 20.3 Å². The first-order valence-corrected chi connectivity index (χ1v) is 8.43. The van der Waals surface area contributed by atoms with Crippen molar-refractivity contribution in [3.63, 3.8) is 0 Å². The van der Waals surface area contributed by atoms with Crippen LogP contribution >= 0.6 is 0 Å². The summed E-state index contributed by atoms with van der Waals surface area (Å²) in [5.41, 5.74) is 0. The first-order chi connectivity index (χ1) is 9.16. The molecule has 2 aliphatic rings. The van der Waals surface area contributed by atoms with Gasteiger partial charge in [-0.05, 0) is 44.6 Å². The SMILES string of the molecule is CC(C)CCN(CC(=O)C1CCCC1)C1CCCC1. The molecule has 0 N–H and O–H groups in total. The minimum absolute atomic E-state index is 0.392. The molecule has 2 heteroatoms. The molecule has 0 radical (unpaired) electrons. The van der Waals surface area contributed by atoms with Gasteiger partial charge in [-0.2, -0.15) is 0 Å². The molecule has 0 bridgehead atoms. The van der Waals surface area contributed by atoms with Crippen LogP contribution in [0.5, 0.6) is 0 Å². The van der Waals surface area contributed by atoms with Gasteiger partial charge in [0.05, 0.1) is 6.54 Å². The first kappa shape index (κ1) is 15.0. The Hall–Kier alpha value is -0.370. The van der Waals surface area contributed by atoms with E-state index in [2.05, 4.69) is 18.7 Å². The van der Waals surface area contributed by atoms with Crippen molar-refractivity contribution in [3.05, 3.63) is 0 Å². The van der Waals surface area contributed by atoms with Gasteiger partial charge in [-0.15, -0.1) is 0 Å². The highest BCUT2D eigenvalue weighted by Gasteiger charge is 2.28. The third-order valence-electron chi connectivity index (χ3n) is 5.00. The van der Waals surface area contributed by atoms with E-state index in [9.17, 15) is 4.79 Å². The summed E-state index contributed by atoms with van der Waals surface area (Å²) in [4.78, 5) is 14.9. The molecule has 2 fully saturated rings. The molecule has 0 heterocycles. The lowest BCUT2D eigenvalue weighted by Crippen LogP contribution is -2.40. The fraction of sp³-hybridized carbons (Fsp3) is 0.941. The maximum atomic E-state index is 12.4. The Morgan fingerprint density at radius 3 is 2.21 bits per heavy atom. The summed E-state index contributed by atoms with van der Waals surface area (Å²) >= 11 is 0. The second-order valence-electron chi connectivity index (χ2n) is 7.04. The molecule has 2 aliphatic carbocycles. The zero-order valence-corrected chi connectivity index (χ0v) is 12.9. The average Bonchev–Trinajstić information content (AvgIpc) is 3.05. The van der Waals surface area contributed by atoms with E-state index >= 15 is 0 Å². The maximum Gasteiger partial charge on any atom is 0.149 e. The van der Waals surface area contributed by atoms with Gasteiger partial charge in [0, 0.05) is 12.0 Å². The highest BCUT2D eigenvalue weighted by atomic mass is 16.1. The predicted molar refractivity (Wildman–Crippen MR) is 80.2 cm³/mol. The summed E-state index contributed by atoms with van der Waals surface area (Å²) < 4.78 is 0. The summed E-state index contributed by atoms with van der Waals surface area (Å²) in [6.07, 6.45) is 11.4. The smallest absolute Gasteiger partial charge is 0.149 e. The van der Waals surface area contributed by atoms with E-state index in [0.29, 0.717) is 17.7 Å². The van der Waals surface area contributed by atoms with Gasteiger partial charge in [0.2, 0.25) is 0 Å². The molecule has 2 rings (SSSR count). The standard InChI is InChI=1S/C17H31NO/c1-14(2)11-12-18(16-9-5-6-10-16)13-17(19)15-7-3-4-8-15/h14-16H,3-13H2,1-2H3. The number of carbonyl (C=O) groups is 1. The normalized spacial score (nSPS) is 21.9. The van der Waals surface area contributed by atoms with Crippen LogP contribution in [0.2, 0.25) is 0 Å². The van der Waals surface area contributed by atoms with Crippen LogP contribution in [0.15, 0.2) is 0 Å². The van der Waals surface area contributed by atoms with Gasteiger partial charge >= 0.3 is 0 Å². The van der Waals surface area contributed by atoms with E-state index < -0.39 is 0 Å². The number of hydrogen-bond donors (Lipinski definition) is 0. The minimum atomic E-state index is 0.392. The van der Waals surface area contributed by atoms with Gasteiger partial charge in [0.15, 0.2) is 0 Å². The Labute approximate surface area is 118 Å². The van der Waals surface area contributed by atoms with Gasteiger partial charge in [0.1, 0.15) is 5.78 Å². The highest BCUT2D eigenvalue weighted by Crippen LogP contribution is 2.28. The maximum absolute atomic E-state index is 12.4. The zero-order chi connectivity index (χ0) is 13.7. The number of rotatable bonds is 7. The second-order valence-corrected chi connectivity index (χ2v) is 7.04. The third kappa shape index (κ3) is 4.59. The molecule has 0 aromatic heterocycles. The Bertz CT molecular complexity index is 275. The van der Waals surface area contributed by atoms with Crippen LogP contribution in [-0.2, 0) is 4.79 Å². The fourth-order valence-electron chi connectivity index (χ4n) is 3.66. The molecule has 2 nitrogen and oxygen atoms in total. The Kier molecular flexibility index (Phi) is 5.87. The van der Waals surface area contributed by atoms with Gasteiger partial charge in [-0.25, -0.2) is 0 Å². The van der Waals surface area contributed by atoms with Crippen LogP contribution in [0.25, 0.3) is 0 Å². The van der Waals surface area contributed by atoms with Crippen LogP contribution < -0.4 is 0 Å². The molecule has 110 valence electrons. The van der Waals surface area contributed by atoms with Gasteiger partial charge in [-0.1, -0.05) is 39.5 Å². The van der Waals surface area contributed by atoms with Crippen molar-refractivity contribution in [3.8, 4) is 0 Å². The van der Waals surface area contributed by atoms with Gasteiger partial charge in [0.25, 0.3) is 0 Å². The monoisotopic (exact) mass is 265 g/mol. The molecular formula is C17H31NO. The summed E-state index contributed by atoms with van der Waals surface area (Å²) in [7, 11) is 0. The lowest BCUT2D eigenvalue weighted by atomic mass is 10.0. The van der Waals surface area contributed by atoms with Gasteiger partial charge in [-0.3, -0.25) is 9.69 Å². The lowest BCUT2D eigenvalue weighted by Gasteiger charge is -2.29. The Balaban J connectivity index is 1.86. The summed E-state index contributed by atoms with van der Waals surface area (Å²) in [6, 6.07) is 0.698. The van der Waals surface area contributed by atoms with Crippen LogP contribution in [0.4, 0.5) is 0 Å². The van der Waals surface area contributed by atoms with Crippen LogP contribution in [0.3, 0.4) is 0 Å². The minimum Gasteiger partial charge on any atom is -0.298 e. The Morgan fingerprint density at radius 1 is 1.05 bits per heavy atom. The molecule has 2 saturated carbocycles.